The number of para-hydroxylation sites is 3. The van der Waals surface area contributed by atoms with Gasteiger partial charge in [0, 0.05) is 48.0 Å². The van der Waals surface area contributed by atoms with Crippen molar-refractivity contribution in [1.29, 1.82) is 0 Å². The lowest BCUT2D eigenvalue weighted by Crippen LogP contribution is -2.05. The van der Waals surface area contributed by atoms with Crippen molar-refractivity contribution >= 4 is 77.0 Å². The van der Waals surface area contributed by atoms with Crippen molar-refractivity contribution in [2.45, 2.75) is 9.79 Å². The Morgan fingerprint density at radius 3 is 1.79 bits per heavy atom. The Balaban J connectivity index is 1.26. The Labute approximate surface area is 273 Å². The molecule has 0 unspecified atom stereocenters. The molecule has 10 aromatic rings. The highest BCUT2D eigenvalue weighted by molar-refractivity contribution is 7.99. The molecule has 0 bridgehead atoms. The molecule has 0 N–H and O–H groups in total. The van der Waals surface area contributed by atoms with E-state index < -0.39 is 0 Å². The van der Waals surface area contributed by atoms with Crippen LogP contribution in [0.3, 0.4) is 0 Å². The van der Waals surface area contributed by atoms with Crippen LogP contribution in [0.15, 0.2) is 155 Å². The van der Waals surface area contributed by atoms with Crippen molar-refractivity contribution in [2.24, 2.45) is 0 Å². The molecule has 7 aromatic carbocycles. The average molecular weight is 617 g/mol. The van der Waals surface area contributed by atoms with Gasteiger partial charge in [-0.25, -0.2) is 9.97 Å². The maximum absolute atomic E-state index is 5.36. The number of nitrogens with zero attached hydrogens (tertiary/aromatic N) is 4. The van der Waals surface area contributed by atoms with Crippen LogP contribution in [0.25, 0.3) is 88.2 Å². The summed E-state index contributed by atoms with van der Waals surface area (Å²) < 4.78 is 4.64. The molecule has 3 aromatic heterocycles. The second-order valence-electron chi connectivity index (χ2n) is 12.2. The van der Waals surface area contributed by atoms with Gasteiger partial charge in [0.1, 0.15) is 0 Å². The van der Waals surface area contributed by atoms with Crippen LogP contribution in [0.2, 0.25) is 0 Å². The summed E-state index contributed by atoms with van der Waals surface area (Å²) in [5, 5.41) is 8.54. The van der Waals surface area contributed by atoms with E-state index in [1.165, 1.54) is 53.1 Å². The normalized spacial score (nSPS) is 12.6. The van der Waals surface area contributed by atoms with E-state index in [0.29, 0.717) is 5.95 Å². The topological polar surface area (TPSA) is 35.6 Å². The van der Waals surface area contributed by atoms with Gasteiger partial charge < -0.3 is 4.57 Å². The lowest BCUT2D eigenvalue weighted by molar-refractivity contribution is 1.01. The molecule has 0 aliphatic carbocycles. The summed E-state index contributed by atoms with van der Waals surface area (Å²) in [4.78, 5) is 13.0. The summed E-state index contributed by atoms with van der Waals surface area (Å²) in [6, 6.07) is 52.2. The highest BCUT2D eigenvalue weighted by Gasteiger charge is 2.24. The van der Waals surface area contributed by atoms with Crippen LogP contribution in [0, 0.1) is 0 Å². The molecule has 4 nitrogen and oxygen atoms in total. The van der Waals surface area contributed by atoms with Gasteiger partial charge in [-0.05, 0) is 65.4 Å². The van der Waals surface area contributed by atoms with E-state index in [1.54, 1.807) is 11.8 Å². The second kappa shape index (κ2) is 9.32. The predicted molar refractivity (Wildman–Crippen MR) is 195 cm³/mol. The number of aromatic nitrogens is 4. The molecule has 0 saturated heterocycles. The fourth-order valence-electron chi connectivity index (χ4n) is 7.80. The van der Waals surface area contributed by atoms with E-state index in [9.17, 15) is 0 Å². The molecule has 0 fully saturated rings. The minimum absolute atomic E-state index is 0.693. The monoisotopic (exact) mass is 616 g/mol. The third kappa shape index (κ3) is 3.38. The summed E-state index contributed by atoms with van der Waals surface area (Å²) in [6.07, 6.45) is 0. The van der Waals surface area contributed by atoms with E-state index in [-0.39, 0.29) is 0 Å². The maximum Gasteiger partial charge on any atom is 0.235 e. The molecule has 1 aliphatic heterocycles. The number of hydrogen-bond acceptors (Lipinski definition) is 3. The zero-order chi connectivity index (χ0) is 30.6. The molecule has 0 atom stereocenters. The Morgan fingerprint density at radius 1 is 0.404 bits per heavy atom. The van der Waals surface area contributed by atoms with Crippen LogP contribution in [-0.2, 0) is 0 Å². The Kier molecular flexibility index (Phi) is 5.02. The second-order valence-corrected chi connectivity index (χ2v) is 13.3. The summed E-state index contributed by atoms with van der Waals surface area (Å²) in [7, 11) is 0. The number of benzene rings is 7. The van der Waals surface area contributed by atoms with Crippen LogP contribution in [0.1, 0.15) is 0 Å². The van der Waals surface area contributed by atoms with Gasteiger partial charge in [-0.3, -0.25) is 4.57 Å². The molecule has 47 heavy (non-hydrogen) atoms. The van der Waals surface area contributed by atoms with Gasteiger partial charge in [0.2, 0.25) is 5.95 Å². The average Bonchev–Trinajstić information content (AvgIpc) is 3.65. The summed E-state index contributed by atoms with van der Waals surface area (Å²) >= 11 is 1.80. The van der Waals surface area contributed by atoms with Crippen LogP contribution < -0.4 is 0 Å². The van der Waals surface area contributed by atoms with Gasteiger partial charge in [0.25, 0.3) is 0 Å². The molecule has 11 rings (SSSR count). The first-order valence-electron chi connectivity index (χ1n) is 15.9. The zero-order valence-electron chi connectivity index (χ0n) is 25.1. The number of rotatable bonds is 2. The van der Waals surface area contributed by atoms with Gasteiger partial charge >= 0.3 is 0 Å². The lowest BCUT2D eigenvalue weighted by Gasteiger charge is -2.20. The third-order valence-corrected chi connectivity index (χ3v) is 10.9. The molecule has 0 saturated carbocycles. The van der Waals surface area contributed by atoms with Crippen LogP contribution in [0.5, 0.6) is 0 Å². The first-order valence-corrected chi connectivity index (χ1v) is 16.7. The number of fused-ring (bicyclic) bond motifs is 11. The molecule has 0 radical (unpaired) electrons. The Bertz CT molecular complexity index is 2940. The largest absolute Gasteiger partial charge is 0.309 e. The molecule has 0 amide bonds. The van der Waals surface area contributed by atoms with Crippen LogP contribution >= 0.6 is 11.8 Å². The fraction of sp³-hybridized carbons (Fsp3) is 0. The van der Waals surface area contributed by atoms with Gasteiger partial charge in [-0.2, -0.15) is 0 Å². The van der Waals surface area contributed by atoms with Crippen molar-refractivity contribution in [1.82, 2.24) is 19.1 Å². The molecule has 5 heteroatoms. The van der Waals surface area contributed by atoms with Gasteiger partial charge in [-0.15, -0.1) is 0 Å². The predicted octanol–water partition coefficient (Wildman–Crippen LogP) is 11.1. The smallest absolute Gasteiger partial charge is 0.235 e. The molecule has 0 spiro atoms. The SMILES string of the molecule is c1ccc(-n2c3ccccc3c3c4ccc5c(c4ccc32)c2ccccc2n5-c2nc3c4c(cccc4n2)Sc2ccccc2-3)cc1. The Hall–Kier alpha value is -5.91. The van der Waals surface area contributed by atoms with Crippen molar-refractivity contribution in [3.8, 4) is 22.9 Å². The van der Waals surface area contributed by atoms with E-state index in [2.05, 4.69) is 155 Å². The highest BCUT2D eigenvalue weighted by Crippen LogP contribution is 2.47. The Morgan fingerprint density at radius 2 is 1.02 bits per heavy atom. The zero-order valence-corrected chi connectivity index (χ0v) is 25.9. The van der Waals surface area contributed by atoms with Crippen molar-refractivity contribution in [2.75, 3.05) is 0 Å². The van der Waals surface area contributed by atoms with Crippen molar-refractivity contribution < 1.29 is 0 Å². The van der Waals surface area contributed by atoms with E-state index in [4.69, 9.17) is 9.97 Å². The first-order chi connectivity index (χ1) is 23.3. The summed E-state index contributed by atoms with van der Waals surface area (Å²) in [6.45, 7) is 0. The molecule has 4 heterocycles. The molecular formula is C42H24N4S. The number of hydrogen-bond donors (Lipinski definition) is 0. The van der Waals surface area contributed by atoms with Crippen LogP contribution in [0.4, 0.5) is 0 Å². The van der Waals surface area contributed by atoms with Gasteiger partial charge in [0.15, 0.2) is 0 Å². The summed E-state index contributed by atoms with van der Waals surface area (Å²) in [5.74, 6) is 0.693. The first kappa shape index (κ1) is 25.3. The molecule has 1 aliphatic rings. The maximum atomic E-state index is 5.36. The molecular weight excluding hydrogens is 593 g/mol. The fourth-order valence-corrected chi connectivity index (χ4v) is 8.91. The lowest BCUT2D eigenvalue weighted by atomic mass is 9.99. The van der Waals surface area contributed by atoms with E-state index in [1.807, 2.05) is 0 Å². The molecule has 218 valence electrons. The highest BCUT2D eigenvalue weighted by atomic mass is 32.2. The standard InChI is InChI=1S/C42H24N4S/c1-2-11-25(12-3-1)45-32-17-7-4-13-28(32)38-26-22-24-35-39(27(26)21-23-34(38)45)29-14-5-8-18-33(29)46(35)42-43-31-16-10-20-37-40(31)41(44-42)30-15-6-9-19-36(30)47-37/h1-24H. The van der Waals surface area contributed by atoms with Crippen molar-refractivity contribution in [3.63, 3.8) is 0 Å². The minimum Gasteiger partial charge on any atom is -0.309 e. The van der Waals surface area contributed by atoms with E-state index >= 15 is 0 Å². The van der Waals surface area contributed by atoms with Gasteiger partial charge in [0.05, 0.1) is 33.3 Å². The van der Waals surface area contributed by atoms with E-state index in [0.717, 1.165) is 38.9 Å². The van der Waals surface area contributed by atoms with Crippen LogP contribution in [-0.4, -0.2) is 19.1 Å². The quantitative estimate of drug-likeness (QED) is 0.194. The summed E-state index contributed by atoms with van der Waals surface area (Å²) in [5.41, 5.74) is 8.90. The minimum atomic E-state index is 0.693. The third-order valence-electron chi connectivity index (χ3n) is 9.72. The van der Waals surface area contributed by atoms with Crippen molar-refractivity contribution in [3.05, 3.63) is 146 Å². The van der Waals surface area contributed by atoms with Gasteiger partial charge in [-0.1, -0.05) is 103 Å².